The second kappa shape index (κ2) is 8.52. The highest BCUT2D eigenvalue weighted by Gasteiger charge is 2.29. The van der Waals surface area contributed by atoms with Gasteiger partial charge < -0.3 is 20.5 Å². The maximum Gasteiger partial charge on any atom is 0.237 e. The first-order valence-corrected chi connectivity index (χ1v) is 7.34. The SMILES string of the molecule is CCCNC(C)(CCCOc1ccccc1OC)C(N)=O. The fourth-order valence-electron chi connectivity index (χ4n) is 2.05. The van der Waals surface area contributed by atoms with E-state index in [1.165, 1.54) is 0 Å². The molecule has 0 aliphatic heterocycles. The molecule has 0 heterocycles. The van der Waals surface area contributed by atoms with Crippen LogP contribution in [0.1, 0.15) is 33.1 Å². The molecule has 1 atom stereocenters. The van der Waals surface area contributed by atoms with E-state index in [-0.39, 0.29) is 5.91 Å². The van der Waals surface area contributed by atoms with Gasteiger partial charge in [-0.2, -0.15) is 0 Å². The Hall–Kier alpha value is -1.75. The predicted octanol–water partition coefficient (Wildman–Crippen LogP) is 2.10. The van der Waals surface area contributed by atoms with Crippen LogP contribution >= 0.6 is 0 Å². The van der Waals surface area contributed by atoms with Crippen molar-refractivity contribution in [1.29, 1.82) is 0 Å². The van der Waals surface area contributed by atoms with Crippen LogP contribution in [0.25, 0.3) is 0 Å². The molecule has 5 heteroatoms. The third-order valence-electron chi connectivity index (χ3n) is 3.46. The van der Waals surface area contributed by atoms with Crippen molar-refractivity contribution in [3.8, 4) is 11.5 Å². The third-order valence-corrected chi connectivity index (χ3v) is 3.46. The zero-order valence-corrected chi connectivity index (χ0v) is 13.1. The molecule has 0 saturated heterocycles. The number of benzene rings is 1. The van der Waals surface area contributed by atoms with E-state index >= 15 is 0 Å². The van der Waals surface area contributed by atoms with Crippen LogP contribution < -0.4 is 20.5 Å². The summed E-state index contributed by atoms with van der Waals surface area (Å²) in [4.78, 5) is 11.6. The van der Waals surface area contributed by atoms with Crippen molar-refractivity contribution in [2.24, 2.45) is 5.73 Å². The first-order chi connectivity index (χ1) is 10.0. The summed E-state index contributed by atoms with van der Waals surface area (Å²) in [6, 6.07) is 7.51. The van der Waals surface area contributed by atoms with E-state index in [4.69, 9.17) is 15.2 Å². The molecule has 0 spiro atoms. The monoisotopic (exact) mass is 294 g/mol. The predicted molar refractivity (Wildman–Crippen MR) is 83.6 cm³/mol. The fourth-order valence-corrected chi connectivity index (χ4v) is 2.05. The van der Waals surface area contributed by atoms with Crippen LogP contribution in [0.2, 0.25) is 0 Å². The van der Waals surface area contributed by atoms with Crippen molar-refractivity contribution >= 4 is 5.91 Å². The van der Waals surface area contributed by atoms with Crippen LogP contribution in [0.15, 0.2) is 24.3 Å². The van der Waals surface area contributed by atoms with Gasteiger partial charge in [0.2, 0.25) is 5.91 Å². The van der Waals surface area contributed by atoms with Crippen LogP contribution in [0, 0.1) is 0 Å². The maximum atomic E-state index is 11.6. The lowest BCUT2D eigenvalue weighted by Gasteiger charge is -2.27. The van der Waals surface area contributed by atoms with Crippen molar-refractivity contribution in [1.82, 2.24) is 5.32 Å². The average molecular weight is 294 g/mol. The van der Waals surface area contributed by atoms with Gasteiger partial charge in [0.1, 0.15) is 0 Å². The molecule has 1 aromatic carbocycles. The maximum absolute atomic E-state index is 11.6. The molecule has 0 radical (unpaired) electrons. The number of amides is 1. The van der Waals surface area contributed by atoms with E-state index in [0.717, 1.165) is 19.4 Å². The minimum absolute atomic E-state index is 0.326. The first kappa shape index (κ1) is 17.3. The number of carbonyl (C=O) groups is 1. The second-order valence-electron chi connectivity index (χ2n) is 5.23. The number of nitrogens with two attached hydrogens (primary N) is 1. The molecule has 21 heavy (non-hydrogen) atoms. The summed E-state index contributed by atoms with van der Waals surface area (Å²) in [7, 11) is 1.61. The lowest BCUT2D eigenvalue weighted by molar-refractivity contribution is -0.124. The van der Waals surface area contributed by atoms with Crippen molar-refractivity contribution in [3.05, 3.63) is 24.3 Å². The smallest absolute Gasteiger partial charge is 0.237 e. The van der Waals surface area contributed by atoms with Gasteiger partial charge in [-0.05, 0) is 44.9 Å². The lowest BCUT2D eigenvalue weighted by atomic mass is 9.95. The van der Waals surface area contributed by atoms with Gasteiger partial charge in [-0.1, -0.05) is 19.1 Å². The zero-order chi connectivity index (χ0) is 15.7. The molecule has 3 N–H and O–H groups in total. The Balaban J connectivity index is 2.46. The molecule has 1 amide bonds. The first-order valence-electron chi connectivity index (χ1n) is 7.34. The highest BCUT2D eigenvalue weighted by Crippen LogP contribution is 2.26. The number of nitrogens with one attached hydrogen (secondary N) is 1. The number of rotatable bonds is 10. The molecular weight excluding hydrogens is 268 g/mol. The van der Waals surface area contributed by atoms with E-state index in [9.17, 15) is 4.79 Å². The lowest BCUT2D eigenvalue weighted by Crippen LogP contribution is -2.53. The molecular formula is C16H26N2O3. The topological polar surface area (TPSA) is 73.6 Å². The number of ether oxygens (including phenoxy) is 2. The van der Waals surface area contributed by atoms with E-state index in [1.54, 1.807) is 7.11 Å². The van der Waals surface area contributed by atoms with Gasteiger partial charge in [-0.3, -0.25) is 4.79 Å². The fraction of sp³-hybridized carbons (Fsp3) is 0.562. The van der Waals surface area contributed by atoms with Gasteiger partial charge in [0, 0.05) is 0 Å². The van der Waals surface area contributed by atoms with Gasteiger partial charge in [-0.25, -0.2) is 0 Å². The Morgan fingerprint density at radius 3 is 2.57 bits per heavy atom. The summed E-state index contributed by atoms with van der Waals surface area (Å²) in [6.07, 6.45) is 2.33. The van der Waals surface area contributed by atoms with Gasteiger partial charge in [0.05, 0.1) is 19.3 Å². The van der Waals surface area contributed by atoms with Gasteiger partial charge in [0.25, 0.3) is 0 Å². The van der Waals surface area contributed by atoms with Crippen molar-refractivity contribution in [3.63, 3.8) is 0 Å². The molecule has 1 unspecified atom stereocenters. The summed E-state index contributed by atoms with van der Waals surface area (Å²) in [5, 5.41) is 3.21. The summed E-state index contributed by atoms with van der Waals surface area (Å²) in [5.41, 5.74) is 4.81. The Labute approximate surface area is 126 Å². The van der Waals surface area contributed by atoms with E-state index < -0.39 is 5.54 Å². The van der Waals surface area contributed by atoms with Crippen LogP contribution in [0.4, 0.5) is 0 Å². The van der Waals surface area contributed by atoms with Crippen molar-refractivity contribution < 1.29 is 14.3 Å². The standard InChI is InChI=1S/C16H26N2O3/c1-4-11-18-16(2,15(17)19)10-7-12-21-14-9-6-5-8-13(14)20-3/h5-6,8-9,18H,4,7,10-12H2,1-3H3,(H2,17,19). The van der Waals surface area contributed by atoms with Gasteiger partial charge >= 0.3 is 0 Å². The molecule has 0 saturated carbocycles. The molecule has 0 aromatic heterocycles. The van der Waals surface area contributed by atoms with Crippen LogP contribution in [-0.2, 0) is 4.79 Å². The highest BCUT2D eigenvalue weighted by atomic mass is 16.5. The van der Waals surface area contributed by atoms with Crippen LogP contribution in [0.3, 0.4) is 0 Å². The second-order valence-corrected chi connectivity index (χ2v) is 5.23. The minimum atomic E-state index is -0.680. The molecule has 0 bridgehead atoms. The highest BCUT2D eigenvalue weighted by molar-refractivity contribution is 5.84. The van der Waals surface area contributed by atoms with Crippen molar-refractivity contribution in [2.45, 2.75) is 38.6 Å². The Kier molecular flexibility index (Phi) is 7.02. The number of hydrogen-bond donors (Lipinski definition) is 2. The van der Waals surface area contributed by atoms with Crippen LogP contribution in [-0.4, -0.2) is 31.7 Å². The van der Waals surface area contributed by atoms with Gasteiger partial charge in [0.15, 0.2) is 11.5 Å². The Bertz CT molecular complexity index is 451. The summed E-state index contributed by atoms with van der Waals surface area (Å²) >= 11 is 0. The third kappa shape index (κ3) is 5.27. The number of primary amides is 1. The molecule has 0 aliphatic rings. The van der Waals surface area contributed by atoms with Crippen LogP contribution in [0.5, 0.6) is 11.5 Å². The average Bonchev–Trinajstić information content (AvgIpc) is 2.49. The number of hydrogen-bond acceptors (Lipinski definition) is 4. The number of para-hydroxylation sites is 2. The number of methoxy groups -OCH3 is 1. The van der Waals surface area contributed by atoms with E-state index in [0.29, 0.717) is 24.5 Å². The number of carbonyl (C=O) groups excluding carboxylic acids is 1. The largest absolute Gasteiger partial charge is 0.493 e. The molecule has 118 valence electrons. The van der Waals surface area contributed by atoms with E-state index in [1.807, 2.05) is 31.2 Å². The normalized spacial score (nSPS) is 13.5. The summed E-state index contributed by atoms with van der Waals surface area (Å²) < 4.78 is 10.9. The minimum Gasteiger partial charge on any atom is -0.493 e. The molecule has 1 aromatic rings. The zero-order valence-electron chi connectivity index (χ0n) is 13.1. The van der Waals surface area contributed by atoms with Crippen molar-refractivity contribution in [2.75, 3.05) is 20.3 Å². The molecule has 1 rings (SSSR count). The summed E-state index contributed by atoms with van der Waals surface area (Å²) in [6.45, 7) is 5.18. The molecule has 0 fully saturated rings. The van der Waals surface area contributed by atoms with E-state index in [2.05, 4.69) is 12.2 Å². The Morgan fingerprint density at radius 1 is 1.33 bits per heavy atom. The Morgan fingerprint density at radius 2 is 2.00 bits per heavy atom. The van der Waals surface area contributed by atoms with Gasteiger partial charge in [-0.15, -0.1) is 0 Å². The molecule has 0 aliphatic carbocycles. The summed E-state index contributed by atoms with van der Waals surface area (Å²) in [5.74, 6) is 1.09. The quantitative estimate of drug-likeness (QED) is 0.648. The molecule has 5 nitrogen and oxygen atoms in total.